The third-order valence-corrected chi connectivity index (χ3v) is 4.28. The van der Waals surface area contributed by atoms with Crippen LogP contribution in [0.1, 0.15) is 38.0 Å². The summed E-state index contributed by atoms with van der Waals surface area (Å²) in [5, 5.41) is 7.66. The number of hydrogen-bond acceptors (Lipinski definition) is 6. The molecule has 2 unspecified atom stereocenters. The fourth-order valence-corrected chi connectivity index (χ4v) is 3.07. The molecule has 0 saturated carbocycles. The summed E-state index contributed by atoms with van der Waals surface area (Å²) in [4.78, 5) is 9.59. The molecule has 20 heavy (non-hydrogen) atoms. The van der Waals surface area contributed by atoms with Crippen LogP contribution in [-0.2, 0) is 6.42 Å². The molecule has 0 spiro atoms. The van der Waals surface area contributed by atoms with Gasteiger partial charge in [-0.1, -0.05) is 12.1 Å². The molecule has 4 rings (SSSR count). The zero-order chi connectivity index (χ0) is 13.9. The molecule has 6 heteroatoms. The Morgan fingerprint density at radius 3 is 2.80 bits per heavy atom. The van der Waals surface area contributed by atoms with Gasteiger partial charge in [-0.05, 0) is 19.9 Å². The van der Waals surface area contributed by atoms with Crippen LogP contribution in [0.5, 0.6) is 0 Å². The van der Waals surface area contributed by atoms with Crippen LogP contribution >= 0.6 is 0 Å². The monoisotopic (exact) mass is 279 g/mol. The minimum atomic E-state index is 0.328. The number of piperazine rings is 3. The van der Waals surface area contributed by atoms with Crippen molar-refractivity contribution in [3.63, 3.8) is 0 Å². The summed E-state index contributed by atoms with van der Waals surface area (Å²) in [5.41, 5.74) is 0. The maximum atomic E-state index is 5.43. The predicted octanol–water partition coefficient (Wildman–Crippen LogP) is 0.673. The standard InChI is InChI=1S/C14H25N5O/c1-3-4-15-11(2)9-13-16-14(17-20-13)12-10-18-5-7-19(12)8-6-18/h11-12,15H,3-10H2,1-2H3. The Kier molecular flexibility index (Phi) is 4.33. The van der Waals surface area contributed by atoms with Crippen LogP contribution in [-0.4, -0.2) is 65.3 Å². The largest absolute Gasteiger partial charge is 0.339 e. The number of aromatic nitrogens is 2. The summed E-state index contributed by atoms with van der Waals surface area (Å²) in [5.74, 6) is 1.63. The Labute approximate surface area is 120 Å². The number of nitrogens with one attached hydrogen (secondary N) is 1. The van der Waals surface area contributed by atoms with Crippen LogP contribution in [0.3, 0.4) is 0 Å². The quantitative estimate of drug-likeness (QED) is 0.826. The molecule has 0 radical (unpaired) electrons. The van der Waals surface area contributed by atoms with E-state index in [9.17, 15) is 0 Å². The van der Waals surface area contributed by atoms with Gasteiger partial charge in [0.1, 0.15) is 0 Å². The molecule has 4 heterocycles. The summed E-state index contributed by atoms with van der Waals surface area (Å²) in [6.45, 7) is 11.0. The molecule has 3 fully saturated rings. The lowest BCUT2D eigenvalue weighted by molar-refractivity contribution is 0.00781. The smallest absolute Gasteiger partial charge is 0.228 e. The van der Waals surface area contributed by atoms with Crippen molar-refractivity contribution in [2.45, 2.75) is 38.8 Å². The lowest BCUT2D eigenvalue weighted by Gasteiger charge is -2.46. The maximum absolute atomic E-state index is 5.43. The molecule has 0 aliphatic carbocycles. The molecule has 3 aliphatic heterocycles. The van der Waals surface area contributed by atoms with Gasteiger partial charge in [-0.2, -0.15) is 4.98 Å². The van der Waals surface area contributed by atoms with Crippen LogP contribution in [0.4, 0.5) is 0 Å². The van der Waals surface area contributed by atoms with Crippen molar-refractivity contribution < 1.29 is 4.52 Å². The van der Waals surface area contributed by atoms with Gasteiger partial charge in [-0.15, -0.1) is 0 Å². The van der Waals surface area contributed by atoms with Gasteiger partial charge in [0.2, 0.25) is 5.89 Å². The Morgan fingerprint density at radius 1 is 1.35 bits per heavy atom. The Morgan fingerprint density at radius 2 is 2.15 bits per heavy atom. The lowest BCUT2D eigenvalue weighted by atomic mass is 10.1. The molecule has 2 atom stereocenters. The van der Waals surface area contributed by atoms with E-state index in [1.165, 1.54) is 13.1 Å². The summed E-state index contributed by atoms with van der Waals surface area (Å²) in [6, 6.07) is 0.712. The molecule has 0 amide bonds. The topological polar surface area (TPSA) is 57.4 Å². The molecule has 6 nitrogen and oxygen atoms in total. The minimum absolute atomic E-state index is 0.328. The molecule has 3 saturated heterocycles. The number of nitrogens with zero attached hydrogens (tertiary/aromatic N) is 4. The van der Waals surface area contributed by atoms with Crippen molar-refractivity contribution >= 4 is 0 Å². The molecule has 1 aromatic rings. The molecule has 1 aromatic heterocycles. The van der Waals surface area contributed by atoms with Crippen LogP contribution in [0.25, 0.3) is 0 Å². The fourth-order valence-electron chi connectivity index (χ4n) is 3.07. The van der Waals surface area contributed by atoms with Gasteiger partial charge in [0, 0.05) is 45.2 Å². The Balaban J connectivity index is 1.59. The highest BCUT2D eigenvalue weighted by atomic mass is 16.5. The van der Waals surface area contributed by atoms with Crippen molar-refractivity contribution in [3.05, 3.63) is 11.7 Å². The normalized spacial score (nSPS) is 30.6. The van der Waals surface area contributed by atoms with Crippen LogP contribution in [0.15, 0.2) is 4.52 Å². The molecule has 1 N–H and O–H groups in total. The molecule has 3 aliphatic rings. The van der Waals surface area contributed by atoms with E-state index in [2.05, 4.69) is 39.1 Å². The summed E-state index contributed by atoms with van der Waals surface area (Å²) in [6.07, 6.45) is 1.95. The first-order valence-corrected chi connectivity index (χ1v) is 7.78. The SMILES string of the molecule is CCCNC(C)Cc1nc(C2CN3CCN2CC3)no1. The van der Waals surface area contributed by atoms with Crippen molar-refractivity contribution in [1.82, 2.24) is 25.3 Å². The van der Waals surface area contributed by atoms with Gasteiger partial charge in [0.25, 0.3) is 0 Å². The second-order valence-corrected chi connectivity index (χ2v) is 5.96. The average Bonchev–Trinajstić information content (AvgIpc) is 2.94. The van der Waals surface area contributed by atoms with Crippen molar-refractivity contribution in [2.75, 3.05) is 39.3 Å². The van der Waals surface area contributed by atoms with E-state index < -0.39 is 0 Å². The van der Waals surface area contributed by atoms with E-state index >= 15 is 0 Å². The van der Waals surface area contributed by atoms with Crippen molar-refractivity contribution in [2.24, 2.45) is 0 Å². The van der Waals surface area contributed by atoms with Crippen LogP contribution in [0, 0.1) is 0 Å². The third kappa shape index (κ3) is 3.02. The minimum Gasteiger partial charge on any atom is -0.339 e. The Bertz CT molecular complexity index is 427. The highest BCUT2D eigenvalue weighted by Gasteiger charge is 2.35. The van der Waals surface area contributed by atoms with Gasteiger partial charge in [-0.25, -0.2) is 0 Å². The van der Waals surface area contributed by atoms with Gasteiger partial charge in [-0.3, -0.25) is 9.80 Å². The van der Waals surface area contributed by atoms with E-state index in [4.69, 9.17) is 4.52 Å². The number of fused-ring (bicyclic) bond motifs is 3. The first kappa shape index (κ1) is 14.0. The number of rotatable bonds is 6. The summed E-state index contributed by atoms with van der Waals surface area (Å²) < 4.78 is 5.43. The first-order chi connectivity index (χ1) is 9.76. The average molecular weight is 279 g/mol. The Hall–Kier alpha value is -0.980. The van der Waals surface area contributed by atoms with Crippen LogP contribution < -0.4 is 5.32 Å². The highest BCUT2D eigenvalue weighted by Crippen LogP contribution is 2.26. The zero-order valence-electron chi connectivity index (χ0n) is 12.5. The molecule has 2 bridgehead atoms. The first-order valence-electron chi connectivity index (χ1n) is 7.78. The van der Waals surface area contributed by atoms with Gasteiger partial charge >= 0.3 is 0 Å². The summed E-state index contributed by atoms with van der Waals surface area (Å²) in [7, 11) is 0. The van der Waals surface area contributed by atoms with Crippen LogP contribution in [0.2, 0.25) is 0 Å². The second-order valence-electron chi connectivity index (χ2n) is 5.96. The second kappa shape index (κ2) is 6.20. The molecular formula is C14H25N5O. The van der Waals surface area contributed by atoms with Gasteiger partial charge in [0.15, 0.2) is 5.82 Å². The van der Waals surface area contributed by atoms with Gasteiger partial charge in [0.05, 0.1) is 6.04 Å². The van der Waals surface area contributed by atoms with Gasteiger partial charge < -0.3 is 9.84 Å². The van der Waals surface area contributed by atoms with E-state index in [-0.39, 0.29) is 0 Å². The third-order valence-electron chi connectivity index (χ3n) is 4.28. The van der Waals surface area contributed by atoms with E-state index in [0.717, 1.165) is 50.7 Å². The molecule has 112 valence electrons. The van der Waals surface area contributed by atoms with E-state index in [1.807, 2.05) is 0 Å². The predicted molar refractivity (Wildman–Crippen MR) is 76.5 cm³/mol. The maximum Gasteiger partial charge on any atom is 0.228 e. The highest BCUT2D eigenvalue weighted by molar-refractivity contribution is 5.02. The zero-order valence-corrected chi connectivity index (χ0v) is 12.5. The summed E-state index contributed by atoms with van der Waals surface area (Å²) >= 11 is 0. The lowest BCUT2D eigenvalue weighted by Crippen LogP contribution is -2.57. The van der Waals surface area contributed by atoms with Crippen molar-refractivity contribution in [3.8, 4) is 0 Å². The fraction of sp³-hybridized carbons (Fsp3) is 0.857. The molecular weight excluding hydrogens is 254 g/mol. The molecule has 0 aromatic carbocycles. The van der Waals surface area contributed by atoms with Crippen molar-refractivity contribution in [1.29, 1.82) is 0 Å². The van der Waals surface area contributed by atoms with E-state index in [0.29, 0.717) is 12.1 Å². The number of hydrogen-bond donors (Lipinski definition) is 1. The van der Waals surface area contributed by atoms with E-state index in [1.54, 1.807) is 0 Å².